The predicted octanol–water partition coefficient (Wildman–Crippen LogP) is 3.33. The van der Waals surface area contributed by atoms with Crippen LogP contribution in [0.3, 0.4) is 0 Å². The van der Waals surface area contributed by atoms with Crippen LogP contribution in [0.4, 0.5) is 0 Å². The molecule has 0 aromatic heterocycles. The van der Waals surface area contributed by atoms with E-state index in [0.29, 0.717) is 12.6 Å². The van der Waals surface area contributed by atoms with Gasteiger partial charge in [0.2, 0.25) is 0 Å². The summed E-state index contributed by atoms with van der Waals surface area (Å²) in [6, 6.07) is 0.561. The van der Waals surface area contributed by atoms with Crippen molar-refractivity contribution in [1.29, 1.82) is 0 Å². The van der Waals surface area contributed by atoms with E-state index in [0.717, 1.165) is 25.7 Å². The Morgan fingerprint density at radius 3 is 2.11 bits per heavy atom. The molecule has 2 aliphatic rings. The Morgan fingerprint density at radius 2 is 1.56 bits per heavy atom. The number of hydrogen-bond acceptors (Lipinski definition) is 2. The number of rotatable bonds is 4. The maximum atomic E-state index is 11.6. The largest absolute Gasteiger partial charge is 0.481 e. The molecule has 0 aromatic carbocycles. The lowest BCUT2D eigenvalue weighted by molar-refractivity contribution is -0.150. The van der Waals surface area contributed by atoms with Crippen LogP contribution in [0.1, 0.15) is 70.6 Å². The average molecular weight is 253 g/mol. The van der Waals surface area contributed by atoms with E-state index in [2.05, 4.69) is 5.32 Å². The number of carbonyl (C=O) groups is 1. The van der Waals surface area contributed by atoms with Gasteiger partial charge < -0.3 is 10.4 Å². The summed E-state index contributed by atoms with van der Waals surface area (Å²) in [6.07, 6.45) is 12.9. The molecule has 2 aliphatic carbocycles. The molecule has 18 heavy (non-hydrogen) atoms. The van der Waals surface area contributed by atoms with Crippen molar-refractivity contribution in [2.45, 2.75) is 76.7 Å². The van der Waals surface area contributed by atoms with Crippen LogP contribution in [-0.2, 0) is 4.79 Å². The van der Waals surface area contributed by atoms with Gasteiger partial charge in [-0.1, -0.05) is 44.9 Å². The molecule has 104 valence electrons. The molecular weight excluding hydrogens is 226 g/mol. The topological polar surface area (TPSA) is 49.3 Å². The molecule has 0 saturated heterocycles. The van der Waals surface area contributed by atoms with Gasteiger partial charge in [0, 0.05) is 12.6 Å². The van der Waals surface area contributed by atoms with Crippen LogP contribution in [-0.4, -0.2) is 23.7 Å². The second-order valence-corrected chi connectivity index (χ2v) is 6.22. The van der Waals surface area contributed by atoms with E-state index in [4.69, 9.17) is 0 Å². The van der Waals surface area contributed by atoms with Crippen molar-refractivity contribution in [3.63, 3.8) is 0 Å². The first-order valence-corrected chi connectivity index (χ1v) is 7.70. The molecule has 0 heterocycles. The summed E-state index contributed by atoms with van der Waals surface area (Å²) >= 11 is 0. The number of hydrogen-bond donors (Lipinski definition) is 2. The van der Waals surface area contributed by atoms with Gasteiger partial charge in [-0.25, -0.2) is 0 Å². The minimum atomic E-state index is -0.580. The zero-order valence-electron chi connectivity index (χ0n) is 11.4. The molecule has 0 spiro atoms. The smallest absolute Gasteiger partial charge is 0.310 e. The van der Waals surface area contributed by atoms with Gasteiger partial charge in [-0.15, -0.1) is 0 Å². The molecule has 2 saturated carbocycles. The lowest BCUT2D eigenvalue weighted by Crippen LogP contribution is -2.45. The quantitative estimate of drug-likeness (QED) is 0.756. The third-order valence-corrected chi connectivity index (χ3v) is 4.85. The molecule has 0 atom stereocenters. The van der Waals surface area contributed by atoms with E-state index in [1.807, 2.05) is 0 Å². The fraction of sp³-hybridized carbons (Fsp3) is 0.933. The van der Waals surface area contributed by atoms with Crippen molar-refractivity contribution in [2.75, 3.05) is 6.54 Å². The van der Waals surface area contributed by atoms with Gasteiger partial charge in [-0.2, -0.15) is 0 Å². The third kappa shape index (κ3) is 3.47. The molecular formula is C15H27NO2. The number of carboxylic acids is 1. The van der Waals surface area contributed by atoms with Crippen LogP contribution < -0.4 is 5.32 Å². The third-order valence-electron chi connectivity index (χ3n) is 4.85. The molecule has 0 radical (unpaired) electrons. The summed E-state index contributed by atoms with van der Waals surface area (Å²) in [5, 5.41) is 13.1. The average Bonchev–Trinajstić information content (AvgIpc) is 2.66. The van der Waals surface area contributed by atoms with Crippen LogP contribution in [0.5, 0.6) is 0 Å². The normalized spacial score (nSPS) is 25.6. The standard InChI is InChI=1S/C15H27NO2/c17-14(18)15(10-6-3-7-11-15)12-16-13-8-4-1-2-5-9-13/h13,16H,1-12H2,(H,17,18). The number of aliphatic carboxylic acids is 1. The van der Waals surface area contributed by atoms with Crippen molar-refractivity contribution in [2.24, 2.45) is 5.41 Å². The Balaban J connectivity index is 1.86. The van der Waals surface area contributed by atoms with Crippen molar-refractivity contribution >= 4 is 5.97 Å². The first-order chi connectivity index (χ1) is 8.73. The van der Waals surface area contributed by atoms with Crippen LogP contribution in [0.2, 0.25) is 0 Å². The van der Waals surface area contributed by atoms with Crippen LogP contribution in [0, 0.1) is 5.41 Å². The van der Waals surface area contributed by atoms with E-state index in [-0.39, 0.29) is 0 Å². The van der Waals surface area contributed by atoms with Gasteiger partial charge in [0.1, 0.15) is 0 Å². The zero-order valence-corrected chi connectivity index (χ0v) is 11.4. The Hall–Kier alpha value is -0.570. The molecule has 0 bridgehead atoms. The summed E-state index contributed by atoms with van der Waals surface area (Å²) in [5.41, 5.74) is -0.468. The van der Waals surface area contributed by atoms with E-state index < -0.39 is 11.4 Å². The van der Waals surface area contributed by atoms with E-state index in [9.17, 15) is 9.90 Å². The Kier molecular flexibility index (Phi) is 5.04. The maximum absolute atomic E-state index is 11.6. The first-order valence-electron chi connectivity index (χ1n) is 7.70. The molecule has 0 unspecified atom stereocenters. The van der Waals surface area contributed by atoms with E-state index in [1.54, 1.807) is 0 Å². The number of carboxylic acid groups (broad SMARTS) is 1. The highest BCUT2D eigenvalue weighted by Crippen LogP contribution is 2.36. The zero-order chi connectivity index (χ0) is 12.8. The Bertz CT molecular complexity index is 264. The summed E-state index contributed by atoms with van der Waals surface area (Å²) in [6.45, 7) is 0.687. The molecule has 0 aromatic rings. The number of nitrogens with one attached hydrogen (secondary N) is 1. The van der Waals surface area contributed by atoms with Crippen molar-refractivity contribution in [3.05, 3.63) is 0 Å². The van der Waals surface area contributed by atoms with Gasteiger partial charge in [0.25, 0.3) is 0 Å². The van der Waals surface area contributed by atoms with Gasteiger partial charge in [-0.3, -0.25) is 4.79 Å². The monoisotopic (exact) mass is 253 g/mol. The Labute approximate surface area is 110 Å². The summed E-state index contributed by atoms with van der Waals surface area (Å²) < 4.78 is 0. The summed E-state index contributed by atoms with van der Waals surface area (Å²) in [5.74, 6) is -0.580. The fourth-order valence-corrected chi connectivity index (χ4v) is 3.52. The molecule has 3 heteroatoms. The van der Waals surface area contributed by atoms with Crippen molar-refractivity contribution in [1.82, 2.24) is 5.32 Å². The fourth-order valence-electron chi connectivity index (χ4n) is 3.52. The van der Waals surface area contributed by atoms with Gasteiger partial charge in [0.05, 0.1) is 5.41 Å². The maximum Gasteiger partial charge on any atom is 0.310 e. The highest BCUT2D eigenvalue weighted by Gasteiger charge is 2.39. The first kappa shape index (κ1) is 13.9. The van der Waals surface area contributed by atoms with Crippen LogP contribution in [0.25, 0.3) is 0 Å². The lowest BCUT2D eigenvalue weighted by Gasteiger charge is -2.34. The lowest BCUT2D eigenvalue weighted by atomic mass is 9.74. The minimum Gasteiger partial charge on any atom is -0.481 e. The summed E-state index contributed by atoms with van der Waals surface area (Å²) in [4.78, 5) is 11.6. The van der Waals surface area contributed by atoms with Crippen molar-refractivity contribution in [3.8, 4) is 0 Å². The van der Waals surface area contributed by atoms with Crippen LogP contribution in [0.15, 0.2) is 0 Å². The highest BCUT2D eigenvalue weighted by atomic mass is 16.4. The molecule has 3 nitrogen and oxygen atoms in total. The predicted molar refractivity (Wildman–Crippen MR) is 72.6 cm³/mol. The second-order valence-electron chi connectivity index (χ2n) is 6.22. The summed E-state index contributed by atoms with van der Waals surface area (Å²) in [7, 11) is 0. The molecule has 2 N–H and O–H groups in total. The second kappa shape index (κ2) is 6.55. The van der Waals surface area contributed by atoms with E-state index in [1.165, 1.54) is 44.9 Å². The van der Waals surface area contributed by atoms with Gasteiger partial charge in [0.15, 0.2) is 0 Å². The molecule has 2 rings (SSSR count). The Morgan fingerprint density at radius 1 is 1.00 bits per heavy atom. The van der Waals surface area contributed by atoms with Gasteiger partial charge in [-0.05, 0) is 25.7 Å². The highest BCUT2D eigenvalue weighted by molar-refractivity contribution is 5.75. The molecule has 0 aliphatic heterocycles. The van der Waals surface area contributed by atoms with E-state index >= 15 is 0 Å². The molecule has 0 amide bonds. The van der Waals surface area contributed by atoms with Crippen molar-refractivity contribution < 1.29 is 9.90 Å². The SMILES string of the molecule is O=C(O)C1(CNC2CCCCCC2)CCCCC1. The minimum absolute atomic E-state index is 0.468. The van der Waals surface area contributed by atoms with Gasteiger partial charge >= 0.3 is 5.97 Å². The van der Waals surface area contributed by atoms with Crippen LogP contribution >= 0.6 is 0 Å². The molecule has 2 fully saturated rings.